The molecular weight excluding hydrogens is 457 g/mol. The van der Waals surface area contributed by atoms with E-state index in [0.717, 1.165) is 0 Å². The second-order valence-electron chi connectivity index (χ2n) is 7.26. The number of esters is 2. The van der Waals surface area contributed by atoms with E-state index in [0.29, 0.717) is 11.1 Å². The lowest BCUT2D eigenvalue weighted by molar-refractivity contribution is -0.144. The lowest BCUT2D eigenvalue weighted by Crippen LogP contribution is -2.29. The molecule has 0 unspecified atom stereocenters. The maximum atomic E-state index is 13.0. The molecule has 1 heterocycles. The highest BCUT2D eigenvalue weighted by Crippen LogP contribution is 2.44. The number of methoxy groups -OCH3 is 2. The summed E-state index contributed by atoms with van der Waals surface area (Å²) in [5.41, 5.74) is -4.90. The fraction of sp³-hybridized carbons (Fsp3) is 0.500. The molecule has 0 spiro atoms. The number of hydrogen-bond donors (Lipinski definition) is 0. The Morgan fingerprint density at radius 1 is 1.25 bits per heavy atom. The molecule has 0 bridgehead atoms. The van der Waals surface area contributed by atoms with Gasteiger partial charge >= 0.3 is 27.6 Å². The van der Waals surface area contributed by atoms with Gasteiger partial charge in [-0.25, -0.2) is 4.79 Å². The summed E-state index contributed by atoms with van der Waals surface area (Å²) >= 11 is 0. The van der Waals surface area contributed by atoms with Gasteiger partial charge in [0.2, 0.25) is 0 Å². The number of hydrogen-bond acceptors (Lipinski definition) is 8. The Bertz CT molecular complexity index is 1060. The first-order valence-corrected chi connectivity index (χ1v) is 10.8. The van der Waals surface area contributed by atoms with Crippen molar-refractivity contribution in [2.24, 2.45) is 5.92 Å². The molecule has 2 rings (SSSR count). The van der Waals surface area contributed by atoms with Crippen molar-refractivity contribution in [2.75, 3.05) is 14.2 Å². The predicted octanol–water partition coefficient (Wildman–Crippen LogP) is 3.59. The van der Waals surface area contributed by atoms with E-state index in [2.05, 4.69) is 8.92 Å². The lowest BCUT2D eigenvalue weighted by atomic mass is 9.94. The van der Waals surface area contributed by atoms with Gasteiger partial charge in [-0.15, -0.1) is 0 Å². The van der Waals surface area contributed by atoms with Crippen LogP contribution in [0.2, 0.25) is 0 Å². The van der Waals surface area contributed by atoms with Crippen LogP contribution in [0.4, 0.5) is 13.2 Å². The van der Waals surface area contributed by atoms with Gasteiger partial charge in [0.1, 0.15) is 17.9 Å². The molecule has 1 atom stereocenters. The highest BCUT2D eigenvalue weighted by Gasteiger charge is 2.50. The molecule has 1 aromatic rings. The van der Waals surface area contributed by atoms with E-state index in [1.165, 1.54) is 14.2 Å². The molecule has 0 aromatic heterocycles. The molecule has 0 amide bonds. The zero-order chi connectivity index (χ0) is 24.4. The van der Waals surface area contributed by atoms with Gasteiger partial charge in [0.25, 0.3) is 0 Å². The first-order valence-electron chi connectivity index (χ1n) is 9.38. The zero-order valence-corrected chi connectivity index (χ0v) is 18.9. The highest BCUT2D eigenvalue weighted by atomic mass is 32.2. The molecule has 12 heteroatoms. The zero-order valence-electron chi connectivity index (χ0n) is 18.1. The van der Waals surface area contributed by atoms with Crippen molar-refractivity contribution < 1.29 is 49.6 Å². The van der Waals surface area contributed by atoms with Crippen LogP contribution in [0.1, 0.15) is 47.3 Å². The number of alkyl halides is 3. The van der Waals surface area contributed by atoms with E-state index >= 15 is 0 Å². The molecule has 32 heavy (non-hydrogen) atoms. The number of fused-ring (bicyclic) bond motifs is 1. The summed E-state index contributed by atoms with van der Waals surface area (Å²) in [7, 11) is -3.57. The van der Waals surface area contributed by atoms with E-state index in [9.17, 15) is 31.2 Å². The first-order chi connectivity index (χ1) is 14.7. The van der Waals surface area contributed by atoms with Gasteiger partial charge in [0.15, 0.2) is 5.75 Å². The largest absolute Gasteiger partial charge is 0.534 e. The fourth-order valence-corrected chi connectivity index (χ4v) is 3.88. The van der Waals surface area contributed by atoms with Crippen molar-refractivity contribution in [3.63, 3.8) is 0 Å². The molecule has 0 saturated heterocycles. The number of benzene rings is 1. The smallest absolute Gasteiger partial charge is 0.496 e. The predicted molar refractivity (Wildman–Crippen MR) is 106 cm³/mol. The van der Waals surface area contributed by atoms with Crippen LogP contribution < -0.4 is 8.92 Å². The van der Waals surface area contributed by atoms with Crippen molar-refractivity contribution >= 4 is 22.1 Å². The minimum atomic E-state index is -6.07. The van der Waals surface area contributed by atoms with Gasteiger partial charge in [-0.2, -0.15) is 21.6 Å². The molecular formula is C20H23F3O8S. The number of halogens is 3. The molecule has 0 N–H and O–H groups in total. The third-order valence-corrected chi connectivity index (χ3v) is 5.94. The lowest BCUT2D eigenvalue weighted by Gasteiger charge is -2.19. The monoisotopic (exact) mass is 480 g/mol. The topological polar surface area (TPSA) is 105 Å². The maximum absolute atomic E-state index is 13.0. The Kier molecular flexibility index (Phi) is 7.48. The average molecular weight is 480 g/mol. The van der Waals surface area contributed by atoms with Crippen LogP contribution in [-0.4, -0.2) is 40.1 Å². The van der Waals surface area contributed by atoms with Gasteiger partial charge in [-0.3, -0.25) is 4.79 Å². The summed E-state index contributed by atoms with van der Waals surface area (Å²) in [6, 6.07) is 0. The molecule has 1 aliphatic heterocycles. The molecule has 0 fully saturated rings. The average Bonchev–Trinajstić information content (AvgIpc) is 3.08. The molecule has 0 radical (unpaired) electrons. The van der Waals surface area contributed by atoms with Crippen molar-refractivity contribution in [2.45, 2.75) is 45.7 Å². The summed E-state index contributed by atoms with van der Waals surface area (Å²) in [5.74, 6) is -2.63. The van der Waals surface area contributed by atoms with E-state index in [4.69, 9.17) is 9.47 Å². The highest BCUT2D eigenvalue weighted by molar-refractivity contribution is 7.88. The summed E-state index contributed by atoms with van der Waals surface area (Å²) in [6.07, 6.45) is 1.74. The number of ether oxygens (including phenoxy) is 3. The summed E-state index contributed by atoms with van der Waals surface area (Å²) in [5, 5.41) is 0. The SMILES string of the molecule is COC(=O)[C@@H](C)CC(C)=CCc1c(OC)c(C)c2c(c1OS(=O)(=O)C(F)(F)F)C(=O)OC2. The Morgan fingerprint density at radius 3 is 2.41 bits per heavy atom. The van der Waals surface area contributed by atoms with E-state index in [1.807, 2.05) is 0 Å². The number of allylic oxidation sites excluding steroid dienone is 2. The summed E-state index contributed by atoms with van der Waals surface area (Å²) in [6.45, 7) is 4.64. The van der Waals surface area contributed by atoms with E-state index < -0.39 is 39.2 Å². The van der Waals surface area contributed by atoms with Crippen LogP contribution in [0.3, 0.4) is 0 Å². The number of carbonyl (C=O) groups excluding carboxylic acids is 2. The Labute approximate surface area is 183 Å². The first kappa shape index (κ1) is 25.5. The maximum Gasteiger partial charge on any atom is 0.534 e. The Balaban J connectivity index is 2.62. The van der Waals surface area contributed by atoms with Gasteiger partial charge < -0.3 is 18.4 Å². The quantitative estimate of drug-likeness (QED) is 0.241. The number of rotatable bonds is 8. The van der Waals surface area contributed by atoms with Crippen molar-refractivity contribution in [3.05, 3.63) is 33.9 Å². The van der Waals surface area contributed by atoms with E-state index in [1.54, 1.807) is 26.8 Å². The van der Waals surface area contributed by atoms with Crippen LogP contribution in [0.5, 0.6) is 11.5 Å². The van der Waals surface area contributed by atoms with Crippen molar-refractivity contribution in [3.8, 4) is 11.5 Å². The second-order valence-corrected chi connectivity index (χ2v) is 8.80. The van der Waals surface area contributed by atoms with Crippen LogP contribution in [-0.2, 0) is 37.4 Å². The summed E-state index contributed by atoms with van der Waals surface area (Å²) < 4.78 is 81.9. The van der Waals surface area contributed by atoms with Crippen LogP contribution in [0.25, 0.3) is 0 Å². The number of carbonyl (C=O) groups is 2. The van der Waals surface area contributed by atoms with Crippen molar-refractivity contribution in [1.82, 2.24) is 0 Å². The summed E-state index contributed by atoms with van der Waals surface area (Å²) in [4.78, 5) is 23.9. The van der Waals surface area contributed by atoms with Gasteiger partial charge in [-0.05, 0) is 32.3 Å². The molecule has 8 nitrogen and oxygen atoms in total. The van der Waals surface area contributed by atoms with Crippen LogP contribution >= 0.6 is 0 Å². The number of cyclic esters (lactones) is 1. The van der Waals surface area contributed by atoms with Crippen LogP contribution in [0, 0.1) is 12.8 Å². The van der Waals surface area contributed by atoms with Crippen molar-refractivity contribution in [1.29, 1.82) is 0 Å². The molecule has 178 valence electrons. The van der Waals surface area contributed by atoms with Gasteiger partial charge in [-0.1, -0.05) is 18.6 Å². The normalized spacial score (nSPS) is 15.1. The molecule has 0 aliphatic carbocycles. The van der Waals surface area contributed by atoms with Gasteiger partial charge in [0, 0.05) is 11.1 Å². The minimum absolute atomic E-state index is 0.0690. The second kappa shape index (κ2) is 9.39. The third kappa shape index (κ3) is 5.00. The Morgan fingerprint density at radius 2 is 1.88 bits per heavy atom. The molecule has 1 aliphatic rings. The minimum Gasteiger partial charge on any atom is -0.496 e. The van der Waals surface area contributed by atoms with E-state index in [-0.39, 0.29) is 41.9 Å². The third-order valence-electron chi connectivity index (χ3n) is 4.99. The van der Waals surface area contributed by atoms with Gasteiger partial charge in [0.05, 0.1) is 20.1 Å². The molecule has 0 saturated carbocycles. The standard InChI is InChI=1S/C20H23F3O8S/c1-10(8-11(2)18(24)29-5)6-7-13-16(28-4)12(3)14-9-30-19(25)15(14)17(13)31-32(26,27)20(21,22)23/h6,11H,7-9H2,1-5H3/t11-/m0/s1. The Hall–Kier alpha value is -2.76. The fourth-order valence-electron chi connectivity index (χ4n) is 3.39. The molecule has 1 aromatic carbocycles. The van der Waals surface area contributed by atoms with Crippen LogP contribution in [0.15, 0.2) is 11.6 Å².